The Balaban J connectivity index is 2.49. The van der Waals surface area contributed by atoms with Crippen molar-refractivity contribution in [1.82, 2.24) is 0 Å². The van der Waals surface area contributed by atoms with Gasteiger partial charge >= 0.3 is 0 Å². The summed E-state index contributed by atoms with van der Waals surface area (Å²) in [7, 11) is -0.644. The van der Waals surface area contributed by atoms with Crippen molar-refractivity contribution in [2.24, 2.45) is 11.5 Å². The summed E-state index contributed by atoms with van der Waals surface area (Å²) in [6.07, 6.45) is 4.31. The van der Waals surface area contributed by atoms with Gasteiger partial charge in [-0.25, -0.2) is 10.0 Å². The minimum Gasteiger partial charge on any atom is -0.394 e. The van der Waals surface area contributed by atoms with Crippen LogP contribution in [0.25, 0.3) is 0 Å². The van der Waals surface area contributed by atoms with Crippen LogP contribution in [0.1, 0.15) is 0 Å². The van der Waals surface area contributed by atoms with Crippen LogP contribution in [0, 0.1) is 0 Å². The summed E-state index contributed by atoms with van der Waals surface area (Å²) in [6.45, 7) is 0.270. The lowest BCUT2D eigenvalue weighted by Crippen LogP contribution is -2.65. The molecule has 0 aromatic rings. The third-order valence-corrected chi connectivity index (χ3v) is 4.39. The lowest BCUT2D eigenvalue weighted by atomic mass is 9.96. The van der Waals surface area contributed by atoms with E-state index in [1.54, 1.807) is 0 Å². The zero-order valence-electron chi connectivity index (χ0n) is 11.3. The van der Waals surface area contributed by atoms with Crippen LogP contribution >= 0.6 is 10.0 Å². The summed E-state index contributed by atoms with van der Waals surface area (Å²) in [6, 6.07) is -1.36. The van der Waals surface area contributed by atoms with Crippen molar-refractivity contribution in [3.63, 3.8) is 0 Å². The molecular weight excluding hydrogens is 256 g/mol. The number of hydrogen-bond donors (Lipinski definition) is 4. The molecule has 1 heterocycles. The Kier molecular flexibility index (Phi) is 5.85. The minimum atomic E-state index is -0.928. The first-order valence-electron chi connectivity index (χ1n) is 5.99. The summed E-state index contributed by atoms with van der Waals surface area (Å²) in [5.41, 5.74) is 11.5. The lowest BCUT2D eigenvalue weighted by molar-refractivity contribution is -0.235. The average molecular weight is 282 g/mol. The van der Waals surface area contributed by atoms with E-state index in [0.29, 0.717) is 6.61 Å². The van der Waals surface area contributed by atoms with Gasteiger partial charge in [0.25, 0.3) is 0 Å². The van der Waals surface area contributed by atoms with E-state index < -0.39 is 40.6 Å². The van der Waals surface area contributed by atoms with Crippen LogP contribution in [0.4, 0.5) is 0 Å². The van der Waals surface area contributed by atoms with Crippen LogP contribution in [0.2, 0.25) is 0 Å². The molecule has 5 unspecified atom stereocenters. The fourth-order valence-electron chi connectivity index (χ4n) is 1.72. The average Bonchev–Trinajstić information content (AvgIpc) is 2.27. The second-order valence-electron chi connectivity index (χ2n) is 5.54. The molecule has 0 radical (unpaired) electrons. The Labute approximate surface area is 110 Å². The largest absolute Gasteiger partial charge is 0.394 e. The smallest absolute Gasteiger partial charge is 0.175 e. The Bertz CT molecular complexity index is 260. The summed E-state index contributed by atoms with van der Waals surface area (Å²) in [4.78, 5) is 0. The molecule has 0 amide bonds. The Hall–Kier alpha value is 0.110. The van der Waals surface area contributed by atoms with E-state index in [9.17, 15) is 5.11 Å². The zero-order valence-corrected chi connectivity index (χ0v) is 12.1. The van der Waals surface area contributed by atoms with Crippen molar-refractivity contribution in [2.75, 3.05) is 37.7 Å². The van der Waals surface area contributed by atoms with Gasteiger partial charge in [0.05, 0.1) is 31.4 Å². The Morgan fingerprint density at radius 2 is 1.83 bits per heavy atom. The molecular formula is C11H26N2O4S. The standard InChI is InChI=1S/C11H26N2O4S/c1-18(2,3)5-4-16-11-9(13)10(15)8(12)7(6-14)17-11/h7-11,14-15H,4-6,12-13H2,1-3H3. The van der Waals surface area contributed by atoms with Crippen LogP contribution in [0.15, 0.2) is 0 Å². The molecule has 18 heavy (non-hydrogen) atoms. The fraction of sp³-hybridized carbons (Fsp3) is 1.00. The van der Waals surface area contributed by atoms with Gasteiger partial charge in [0.2, 0.25) is 0 Å². The lowest BCUT2D eigenvalue weighted by Gasteiger charge is -2.41. The SMILES string of the molecule is CS(C)(C)CCOC1OC(CO)C(N)C(O)C1N. The van der Waals surface area contributed by atoms with Gasteiger partial charge in [-0.05, 0) is 18.8 Å². The van der Waals surface area contributed by atoms with Crippen LogP contribution in [0.5, 0.6) is 0 Å². The van der Waals surface area contributed by atoms with Crippen LogP contribution in [-0.2, 0) is 9.47 Å². The molecule has 0 aromatic heterocycles. The van der Waals surface area contributed by atoms with E-state index in [0.717, 1.165) is 5.75 Å². The van der Waals surface area contributed by atoms with Crippen molar-refractivity contribution in [3.05, 3.63) is 0 Å². The van der Waals surface area contributed by atoms with Gasteiger partial charge in [-0.15, -0.1) is 0 Å². The first kappa shape index (κ1) is 16.2. The molecule has 1 aliphatic rings. The minimum absolute atomic E-state index is 0.255. The molecule has 0 spiro atoms. The van der Waals surface area contributed by atoms with Crippen LogP contribution < -0.4 is 11.5 Å². The van der Waals surface area contributed by atoms with Crippen molar-refractivity contribution in [2.45, 2.75) is 30.6 Å². The normalized spacial score (nSPS) is 38.7. The second-order valence-corrected chi connectivity index (χ2v) is 10.1. The van der Waals surface area contributed by atoms with E-state index in [1.807, 2.05) is 0 Å². The number of nitrogens with two attached hydrogens (primary N) is 2. The maximum absolute atomic E-state index is 9.86. The fourth-order valence-corrected chi connectivity index (χ4v) is 2.32. The van der Waals surface area contributed by atoms with Gasteiger partial charge in [0.15, 0.2) is 6.29 Å². The van der Waals surface area contributed by atoms with E-state index >= 15 is 0 Å². The van der Waals surface area contributed by atoms with Crippen LogP contribution in [-0.4, -0.2) is 78.5 Å². The van der Waals surface area contributed by atoms with E-state index in [4.69, 9.17) is 26.0 Å². The number of ether oxygens (including phenoxy) is 2. The Morgan fingerprint density at radius 3 is 2.33 bits per heavy atom. The molecule has 110 valence electrons. The maximum Gasteiger partial charge on any atom is 0.175 e. The summed E-state index contributed by atoms with van der Waals surface area (Å²) >= 11 is 0. The van der Waals surface area contributed by atoms with Crippen molar-refractivity contribution >= 4 is 10.0 Å². The first-order valence-corrected chi connectivity index (χ1v) is 9.02. The van der Waals surface area contributed by atoms with Gasteiger partial charge in [0, 0.05) is 5.75 Å². The Morgan fingerprint density at radius 1 is 1.22 bits per heavy atom. The zero-order chi connectivity index (χ0) is 13.9. The molecule has 1 fully saturated rings. The highest BCUT2D eigenvalue weighted by molar-refractivity contribution is 8.32. The highest BCUT2D eigenvalue weighted by Crippen LogP contribution is 2.34. The molecule has 6 nitrogen and oxygen atoms in total. The third kappa shape index (κ3) is 4.34. The number of hydrogen-bond acceptors (Lipinski definition) is 6. The summed E-state index contributed by atoms with van der Waals surface area (Å²) < 4.78 is 11.0. The van der Waals surface area contributed by atoms with E-state index in [-0.39, 0.29) is 6.61 Å². The predicted octanol–water partition coefficient (Wildman–Crippen LogP) is -1.57. The van der Waals surface area contributed by atoms with Gasteiger partial charge in [-0.1, -0.05) is 0 Å². The summed E-state index contributed by atoms with van der Waals surface area (Å²) in [5, 5.41) is 19.0. The molecule has 1 saturated heterocycles. The molecule has 0 bridgehead atoms. The van der Waals surface area contributed by atoms with Gasteiger partial charge in [-0.3, -0.25) is 0 Å². The number of aliphatic hydroxyl groups is 2. The first-order chi connectivity index (χ1) is 8.26. The van der Waals surface area contributed by atoms with Crippen LogP contribution in [0.3, 0.4) is 0 Å². The van der Waals surface area contributed by atoms with E-state index in [2.05, 4.69) is 18.8 Å². The molecule has 6 N–H and O–H groups in total. The molecule has 1 aliphatic heterocycles. The third-order valence-electron chi connectivity index (χ3n) is 3.00. The second kappa shape index (κ2) is 6.51. The topological polar surface area (TPSA) is 111 Å². The van der Waals surface area contributed by atoms with Gasteiger partial charge in [-0.2, -0.15) is 0 Å². The summed E-state index contributed by atoms with van der Waals surface area (Å²) in [5.74, 6) is 0.936. The van der Waals surface area contributed by atoms with Gasteiger partial charge in [0.1, 0.15) is 6.10 Å². The predicted molar refractivity (Wildman–Crippen MR) is 73.9 cm³/mol. The monoisotopic (exact) mass is 282 g/mol. The highest BCUT2D eigenvalue weighted by Gasteiger charge is 2.41. The number of aliphatic hydroxyl groups excluding tert-OH is 2. The maximum atomic E-state index is 9.86. The molecule has 7 heteroatoms. The molecule has 0 aliphatic carbocycles. The molecule has 0 aromatic carbocycles. The van der Waals surface area contributed by atoms with Crippen molar-refractivity contribution in [3.8, 4) is 0 Å². The molecule has 5 atom stereocenters. The quantitative estimate of drug-likeness (QED) is 0.485. The van der Waals surface area contributed by atoms with Gasteiger partial charge < -0.3 is 31.2 Å². The van der Waals surface area contributed by atoms with Crippen molar-refractivity contribution < 1.29 is 19.7 Å². The van der Waals surface area contributed by atoms with Crippen molar-refractivity contribution in [1.29, 1.82) is 0 Å². The molecule has 0 saturated carbocycles. The highest BCUT2D eigenvalue weighted by atomic mass is 32.3. The molecule has 1 rings (SSSR count). The number of rotatable bonds is 5. The van der Waals surface area contributed by atoms with E-state index in [1.165, 1.54) is 0 Å².